The molecule has 2 unspecified atom stereocenters. The molecule has 0 radical (unpaired) electrons. The highest BCUT2D eigenvalue weighted by atomic mass is 32.1. The van der Waals surface area contributed by atoms with Gasteiger partial charge in [0.1, 0.15) is 5.01 Å². The number of thiazole rings is 1. The SMILES string of the molecule is CCc1cnc(C(C)NC(C)CCCC(F)(F)F)s1. The third kappa shape index (κ3) is 6.38. The second-order valence-electron chi connectivity index (χ2n) is 4.82. The maximum atomic E-state index is 12.0. The van der Waals surface area contributed by atoms with Crippen LogP contribution in [-0.2, 0) is 6.42 Å². The molecule has 2 nitrogen and oxygen atoms in total. The molecule has 0 saturated carbocycles. The average molecular weight is 294 g/mol. The van der Waals surface area contributed by atoms with E-state index in [1.54, 1.807) is 11.3 Å². The van der Waals surface area contributed by atoms with Crippen LogP contribution in [0.5, 0.6) is 0 Å². The number of halogens is 3. The van der Waals surface area contributed by atoms with Crippen molar-refractivity contribution in [2.45, 2.75) is 64.7 Å². The van der Waals surface area contributed by atoms with Crippen molar-refractivity contribution >= 4 is 11.3 Å². The van der Waals surface area contributed by atoms with E-state index < -0.39 is 12.6 Å². The Morgan fingerprint density at radius 3 is 2.58 bits per heavy atom. The number of aromatic nitrogens is 1. The standard InChI is InChI=1S/C13H21F3N2S/c1-4-11-8-17-12(19-11)10(3)18-9(2)6-5-7-13(14,15)16/h8-10,18H,4-7H2,1-3H3. The Morgan fingerprint density at radius 1 is 1.37 bits per heavy atom. The molecular weight excluding hydrogens is 273 g/mol. The van der Waals surface area contributed by atoms with E-state index >= 15 is 0 Å². The minimum Gasteiger partial charge on any atom is -0.306 e. The summed E-state index contributed by atoms with van der Waals surface area (Å²) in [5, 5.41) is 4.30. The summed E-state index contributed by atoms with van der Waals surface area (Å²) in [6, 6.07) is 0.150. The van der Waals surface area contributed by atoms with Gasteiger partial charge in [-0.25, -0.2) is 4.98 Å². The van der Waals surface area contributed by atoms with E-state index in [4.69, 9.17) is 0 Å². The Bertz CT molecular complexity index is 376. The number of hydrogen-bond donors (Lipinski definition) is 1. The van der Waals surface area contributed by atoms with Gasteiger partial charge in [0, 0.05) is 23.5 Å². The summed E-state index contributed by atoms with van der Waals surface area (Å²) in [7, 11) is 0. The van der Waals surface area contributed by atoms with Crippen molar-refractivity contribution < 1.29 is 13.2 Å². The maximum absolute atomic E-state index is 12.0. The lowest BCUT2D eigenvalue weighted by atomic mass is 10.1. The number of hydrogen-bond acceptors (Lipinski definition) is 3. The molecule has 0 aliphatic carbocycles. The van der Waals surface area contributed by atoms with Crippen LogP contribution >= 0.6 is 11.3 Å². The quantitative estimate of drug-likeness (QED) is 0.802. The van der Waals surface area contributed by atoms with Crippen molar-refractivity contribution in [1.29, 1.82) is 0 Å². The molecule has 0 aliphatic heterocycles. The molecule has 0 spiro atoms. The Labute approximate surface area is 116 Å². The van der Waals surface area contributed by atoms with Gasteiger partial charge in [0.05, 0.1) is 6.04 Å². The molecule has 0 aliphatic rings. The van der Waals surface area contributed by atoms with Crippen molar-refractivity contribution in [3.63, 3.8) is 0 Å². The van der Waals surface area contributed by atoms with Crippen LogP contribution in [-0.4, -0.2) is 17.2 Å². The molecule has 0 fully saturated rings. The van der Waals surface area contributed by atoms with Crippen LogP contribution < -0.4 is 5.32 Å². The molecule has 1 heterocycles. The second kappa shape index (κ2) is 7.24. The van der Waals surface area contributed by atoms with E-state index in [9.17, 15) is 13.2 Å². The summed E-state index contributed by atoms with van der Waals surface area (Å²) in [6.45, 7) is 5.99. The van der Waals surface area contributed by atoms with E-state index in [1.807, 2.05) is 20.0 Å². The van der Waals surface area contributed by atoms with E-state index in [-0.39, 0.29) is 18.5 Å². The lowest BCUT2D eigenvalue weighted by Gasteiger charge is -2.18. The summed E-state index contributed by atoms with van der Waals surface area (Å²) in [4.78, 5) is 5.57. The molecule has 0 bridgehead atoms. The molecule has 110 valence electrons. The first-order valence-electron chi connectivity index (χ1n) is 6.59. The molecule has 0 saturated heterocycles. The van der Waals surface area contributed by atoms with Gasteiger partial charge in [0.2, 0.25) is 0 Å². The zero-order chi connectivity index (χ0) is 14.5. The first-order valence-corrected chi connectivity index (χ1v) is 7.41. The van der Waals surface area contributed by atoms with Crippen LogP contribution in [0.3, 0.4) is 0 Å². The van der Waals surface area contributed by atoms with Crippen LogP contribution in [0.1, 0.15) is 56.0 Å². The third-order valence-electron chi connectivity index (χ3n) is 2.92. The highest BCUT2D eigenvalue weighted by Gasteiger charge is 2.26. The summed E-state index contributed by atoms with van der Waals surface area (Å²) < 4.78 is 36.1. The fourth-order valence-corrected chi connectivity index (χ4v) is 2.74. The van der Waals surface area contributed by atoms with Gasteiger partial charge in [-0.2, -0.15) is 13.2 Å². The molecule has 1 aromatic heterocycles. The fraction of sp³-hybridized carbons (Fsp3) is 0.769. The van der Waals surface area contributed by atoms with E-state index in [1.165, 1.54) is 4.88 Å². The largest absolute Gasteiger partial charge is 0.389 e. The zero-order valence-electron chi connectivity index (χ0n) is 11.5. The highest BCUT2D eigenvalue weighted by molar-refractivity contribution is 7.11. The van der Waals surface area contributed by atoms with Crippen molar-refractivity contribution in [2.75, 3.05) is 0 Å². The molecule has 0 amide bonds. The number of aryl methyl sites for hydroxylation is 1. The van der Waals surface area contributed by atoms with Crippen molar-refractivity contribution in [3.8, 4) is 0 Å². The number of nitrogens with zero attached hydrogens (tertiary/aromatic N) is 1. The van der Waals surface area contributed by atoms with Gasteiger partial charge in [-0.05, 0) is 33.1 Å². The van der Waals surface area contributed by atoms with Crippen molar-refractivity contribution in [1.82, 2.24) is 10.3 Å². The van der Waals surface area contributed by atoms with Gasteiger partial charge in [0.15, 0.2) is 0 Å². The molecule has 0 aromatic carbocycles. The Balaban J connectivity index is 2.33. The average Bonchev–Trinajstić information content (AvgIpc) is 2.75. The predicted octanol–water partition coefficient (Wildman–Crippen LogP) is 4.48. The van der Waals surface area contributed by atoms with Gasteiger partial charge >= 0.3 is 6.18 Å². The summed E-state index contributed by atoms with van der Waals surface area (Å²) >= 11 is 1.66. The van der Waals surface area contributed by atoms with Crippen molar-refractivity contribution in [3.05, 3.63) is 16.1 Å². The summed E-state index contributed by atoms with van der Waals surface area (Å²) in [6.07, 6.45) is -1.22. The van der Waals surface area contributed by atoms with Crippen molar-refractivity contribution in [2.24, 2.45) is 0 Å². The van der Waals surface area contributed by atoms with Gasteiger partial charge in [0.25, 0.3) is 0 Å². The Morgan fingerprint density at radius 2 is 2.05 bits per heavy atom. The monoisotopic (exact) mass is 294 g/mol. The van der Waals surface area contributed by atoms with Crippen LogP contribution in [0.25, 0.3) is 0 Å². The minimum atomic E-state index is -4.04. The number of alkyl halides is 3. The van der Waals surface area contributed by atoms with Gasteiger partial charge in [-0.15, -0.1) is 11.3 Å². The topological polar surface area (TPSA) is 24.9 Å². The first kappa shape index (κ1) is 16.4. The normalized spacial score (nSPS) is 15.5. The first-order chi connectivity index (χ1) is 8.81. The third-order valence-corrected chi connectivity index (χ3v) is 4.25. The van der Waals surface area contributed by atoms with Crippen LogP contribution in [0, 0.1) is 0 Å². The van der Waals surface area contributed by atoms with Gasteiger partial charge in [-0.3, -0.25) is 0 Å². The highest BCUT2D eigenvalue weighted by Crippen LogP contribution is 2.24. The molecule has 2 atom stereocenters. The van der Waals surface area contributed by atoms with Gasteiger partial charge < -0.3 is 5.32 Å². The summed E-state index contributed by atoms with van der Waals surface area (Å²) in [5.74, 6) is 0. The second-order valence-corrected chi connectivity index (χ2v) is 5.96. The van der Waals surface area contributed by atoms with E-state index in [0.29, 0.717) is 6.42 Å². The van der Waals surface area contributed by atoms with Crippen LogP contribution in [0.4, 0.5) is 13.2 Å². The van der Waals surface area contributed by atoms with E-state index in [0.717, 1.165) is 11.4 Å². The van der Waals surface area contributed by atoms with Crippen LogP contribution in [0.15, 0.2) is 6.20 Å². The van der Waals surface area contributed by atoms with Crippen LogP contribution in [0.2, 0.25) is 0 Å². The molecular formula is C13H21F3N2S. The van der Waals surface area contributed by atoms with E-state index in [2.05, 4.69) is 17.2 Å². The number of rotatable bonds is 7. The molecule has 1 rings (SSSR count). The lowest BCUT2D eigenvalue weighted by molar-refractivity contribution is -0.135. The number of nitrogens with one attached hydrogen (secondary N) is 1. The molecule has 1 aromatic rings. The Kier molecular flexibility index (Phi) is 6.26. The molecule has 19 heavy (non-hydrogen) atoms. The lowest BCUT2D eigenvalue weighted by Crippen LogP contribution is -2.29. The smallest absolute Gasteiger partial charge is 0.306 e. The minimum absolute atomic E-state index is 0.0614. The molecule has 1 N–H and O–H groups in total. The fourth-order valence-electron chi connectivity index (χ4n) is 1.88. The zero-order valence-corrected chi connectivity index (χ0v) is 12.4. The predicted molar refractivity (Wildman–Crippen MR) is 72.4 cm³/mol. The summed E-state index contributed by atoms with van der Waals surface area (Å²) in [5.41, 5.74) is 0. The maximum Gasteiger partial charge on any atom is 0.389 e. The van der Waals surface area contributed by atoms with Gasteiger partial charge in [-0.1, -0.05) is 6.92 Å². The Hall–Kier alpha value is -0.620. The molecule has 6 heteroatoms.